The minimum atomic E-state index is -3.95. The average Bonchev–Trinajstić information content (AvgIpc) is 3.27. The number of anilines is 1. The number of hydrogen-bond acceptors (Lipinski definition) is 4. The lowest BCUT2D eigenvalue weighted by molar-refractivity contribution is -0.119. The van der Waals surface area contributed by atoms with E-state index in [0.29, 0.717) is 36.4 Å². The fourth-order valence-electron chi connectivity index (χ4n) is 3.72. The van der Waals surface area contributed by atoms with Crippen LogP contribution < -0.4 is 9.62 Å². The van der Waals surface area contributed by atoms with E-state index in [2.05, 4.69) is 5.32 Å². The quantitative estimate of drug-likeness (QED) is 0.505. The topological polar surface area (TPSA) is 75.7 Å². The van der Waals surface area contributed by atoms with Gasteiger partial charge in [0, 0.05) is 18.2 Å². The van der Waals surface area contributed by atoms with Crippen molar-refractivity contribution in [3.8, 4) is 0 Å². The molecule has 0 bridgehead atoms. The summed E-state index contributed by atoms with van der Waals surface area (Å²) < 4.78 is 33.7. The molecule has 1 aliphatic rings. The summed E-state index contributed by atoms with van der Waals surface area (Å²) in [5, 5.41) is 3.26. The molecule has 0 heterocycles. The van der Waals surface area contributed by atoms with Crippen LogP contribution in [0.2, 0.25) is 5.02 Å². The molecule has 174 valence electrons. The number of benzene rings is 2. The van der Waals surface area contributed by atoms with Gasteiger partial charge in [0.15, 0.2) is 0 Å². The number of carbonyl (C=O) groups excluding carboxylic acids is 1. The van der Waals surface area contributed by atoms with Crippen LogP contribution in [-0.4, -0.2) is 40.1 Å². The number of nitrogens with one attached hydrogen (secondary N) is 1. The van der Waals surface area contributed by atoms with Crippen molar-refractivity contribution in [1.29, 1.82) is 0 Å². The van der Waals surface area contributed by atoms with E-state index >= 15 is 0 Å². The highest BCUT2D eigenvalue weighted by molar-refractivity contribution is 7.92. The van der Waals surface area contributed by atoms with E-state index in [1.54, 1.807) is 12.1 Å². The summed E-state index contributed by atoms with van der Waals surface area (Å²) in [6.07, 6.45) is 5.70. The molecule has 1 aliphatic carbocycles. The molecule has 0 aliphatic heterocycles. The summed E-state index contributed by atoms with van der Waals surface area (Å²) in [6.45, 7) is 4.59. The zero-order chi connectivity index (χ0) is 23.1. The normalized spacial score (nSPS) is 14.5. The number of ether oxygens (including phenoxy) is 1. The van der Waals surface area contributed by atoms with E-state index < -0.39 is 10.0 Å². The highest BCUT2D eigenvalue weighted by Crippen LogP contribution is 2.26. The van der Waals surface area contributed by atoms with E-state index in [0.717, 1.165) is 28.3 Å². The Morgan fingerprint density at radius 2 is 1.78 bits per heavy atom. The third kappa shape index (κ3) is 6.47. The standard InChI is InChI=1S/C24H31ClN2O4S/c1-18-8-11-21(16-19(18)2)27(32(29,30)23-12-9-20(25)10-13-23)17-24(28)26-14-5-15-31-22-6-3-4-7-22/h8-13,16,22H,3-7,14-15,17H2,1-2H3,(H,26,28). The summed E-state index contributed by atoms with van der Waals surface area (Å²) in [4.78, 5) is 12.7. The smallest absolute Gasteiger partial charge is 0.264 e. The van der Waals surface area contributed by atoms with Crippen LogP contribution in [0.3, 0.4) is 0 Å². The van der Waals surface area contributed by atoms with Crippen LogP contribution in [0, 0.1) is 13.8 Å². The third-order valence-corrected chi connectivity index (χ3v) is 7.81. The second-order valence-corrected chi connectivity index (χ2v) is 10.5. The number of sulfonamides is 1. The first kappa shape index (κ1) is 24.6. The van der Waals surface area contributed by atoms with Crippen LogP contribution in [0.5, 0.6) is 0 Å². The summed E-state index contributed by atoms with van der Waals surface area (Å²) >= 11 is 5.92. The number of rotatable bonds is 10. The summed E-state index contributed by atoms with van der Waals surface area (Å²) in [6, 6.07) is 11.3. The van der Waals surface area contributed by atoms with E-state index in [-0.39, 0.29) is 17.3 Å². The zero-order valence-corrected chi connectivity index (χ0v) is 20.2. The maximum absolute atomic E-state index is 13.4. The van der Waals surface area contributed by atoms with Crippen LogP contribution in [0.25, 0.3) is 0 Å². The Hall–Kier alpha value is -2.09. The Morgan fingerprint density at radius 1 is 1.09 bits per heavy atom. The molecule has 32 heavy (non-hydrogen) atoms. The maximum Gasteiger partial charge on any atom is 0.264 e. The van der Waals surface area contributed by atoms with Gasteiger partial charge in [0.2, 0.25) is 5.91 Å². The molecule has 0 spiro atoms. The number of carbonyl (C=O) groups is 1. The van der Waals surface area contributed by atoms with Crippen LogP contribution >= 0.6 is 11.6 Å². The molecular weight excluding hydrogens is 448 g/mol. The Bertz CT molecular complexity index is 1020. The number of amides is 1. The molecule has 1 amide bonds. The fraction of sp³-hybridized carbons (Fsp3) is 0.458. The van der Waals surface area contributed by atoms with Crippen LogP contribution in [-0.2, 0) is 19.6 Å². The second-order valence-electron chi connectivity index (χ2n) is 8.21. The van der Waals surface area contributed by atoms with Gasteiger partial charge in [-0.1, -0.05) is 30.5 Å². The Kier molecular flexibility index (Phi) is 8.57. The number of nitrogens with zero attached hydrogens (tertiary/aromatic N) is 1. The first-order valence-electron chi connectivity index (χ1n) is 11.0. The first-order valence-corrected chi connectivity index (χ1v) is 12.8. The fourth-order valence-corrected chi connectivity index (χ4v) is 5.26. The lowest BCUT2D eigenvalue weighted by atomic mass is 10.1. The molecule has 6 nitrogen and oxygen atoms in total. The SMILES string of the molecule is Cc1ccc(N(CC(=O)NCCCOC2CCCC2)S(=O)(=O)c2ccc(Cl)cc2)cc1C. The van der Waals surface area contributed by atoms with Gasteiger partial charge >= 0.3 is 0 Å². The van der Waals surface area contributed by atoms with Crippen molar-refractivity contribution < 1.29 is 17.9 Å². The predicted molar refractivity (Wildman–Crippen MR) is 128 cm³/mol. The number of aryl methyl sites for hydroxylation is 2. The van der Waals surface area contributed by atoms with Gasteiger partial charge < -0.3 is 10.1 Å². The van der Waals surface area contributed by atoms with Crippen molar-refractivity contribution in [3.63, 3.8) is 0 Å². The molecule has 1 fully saturated rings. The molecule has 1 saturated carbocycles. The van der Waals surface area contributed by atoms with E-state index in [4.69, 9.17) is 16.3 Å². The van der Waals surface area contributed by atoms with Crippen molar-refractivity contribution in [3.05, 3.63) is 58.6 Å². The van der Waals surface area contributed by atoms with Gasteiger partial charge in [0.05, 0.1) is 16.7 Å². The molecule has 2 aromatic carbocycles. The molecule has 2 aromatic rings. The van der Waals surface area contributed by atoms with Gasteiger partial charge in [-0.05, 0) is 80.6 Å². The van der Waals surface area contributed by atoms with Crippen molar-refractivity contribution in [2.75, 3.05) is 24.0 Å². The zero-order valence-electron chi connectivity index (χ0n) is 18.6. The third-order valence-electron chi connectivity index (χ3n) is 5.77. The number of halogens is 1. The lowest BCUT2D eigenvalue weighted by Crippen LogP contribution is -2.41. The molecule has 0 atom stereocenters. The van der Waals surface area contributed by atoms with Crippen LogP contribution in [0.15, 0.2) is 47.4 Å². The molecule has 0 radical (unpaired) electrons. The van der Waals surface area contributed by atoms with Gasteiger partial charge in [0.25, 0.3) is 10.0 Å². The van der Waals surface area contributed by atoms with Crippen LogP contribution in [0.4, 0.5) is 5.69 Å². The minimum Gasteiger partial charge on any atom is -0.378 e. The molecular formula is C24H31ClN2O4S. The lowest BCUT2D eigenvalue weighted by Gasteiger charge is -2.25. The summed E-state index contributed by atoms with van der Waals surface area (Å²) in [5.41, 5.74) is 2.44. The molecule has 0 saturated heterocycles. The van der Waals surface area contributed by atoms with Crippen LogP contribution in [0.1, 0.15) is 43.2 Å². The van der Waals surface area contributed by atoms with Gasteiger partial charge in [-0.15, -0.1) is 0 Å². The highest BCUT2D eigenvalue weighted by Gasteiger charge is 2.27. The second kappa shape index (κ2) is 11.2. The van der Waals surface area contributed by atoms with Crippen molar-refractivity contribution >= 4 is 33.2 Å². The van der Waals surface area contributed by atoms with Gasteiger partial charge in [-0.3, -0.25) is 9.10 Å². The van der Waals surface area contributed by atoms with Crippen molar-refractivity contribution in [2.45, 2.75) is 57.0 Å². The molecule has 1 N–H and O–H groups in total. The number of hydrogen-bond donors (Lipinski definition) is 1. The van der Waals surface area contributed by atoms with E-state index in [1.807, 2.05) is 19.9 Å². The molecule has 8 heteroatoms. The van der Waals surface area contributed by atoms with Crippen molar-refractivity contribution in [1.82, 2.24) is 5.32 Å². The first-order chi connectivity index (χ1) is 15.3. The monoisotopic (exact) mass is 478 g/mol. The van der Waals surface area contributed by atoms with E-state index in [1.165, 1.54) is 37.1 Å². The summed E-state index contributed by atoms with van der Waals surface area (Å²) in [5.74, 6) is -0.360. The molecule has 0 unspecified atom stereocenters. The Labute approximate surface area is 196 Å². The minimum absolute atomic E-state index is 0.0814. The Balaban J connectivity index is 1.68. The molecule has 3 rings (SSSR count). The van der Waals surface area contributed by atoms with Gasteiger partial charge in [-0.2, -0.15) is 0 Å². The van der Waals surface area contributed by atoms with E-state index in [9.17, 15) is 13.2 Å². The van der Waals surface area contributed by atoms with Gasteiger partial charge in [0.1, 0.15) is 6.54 Å². The summed E-state index contributed by atoms with van der Waals surface area (Å²) in [7, 11) is -3.95. The Morgan fingerprint density at radius 3 is 2.44 bits per heavy atom. The van der Waals surface area contributed by atoms with Gasteiger partial charge in [-0.25, -0.2) is 8.42 Å². The largest absolute Gasteiger partial charge is 0.378 e. The van der Waals surface area contributed by atoms with Crippen molar-refractivity contribution in [2.24, 2.45) is 0 Å². The maximum atomic E-state index is 13.4. The highest BCUT2D eigenvalue weighted by atomic mass is 35.5. The molecule has 0 aromatic heterocycles. The predicted octanol–water partition coefficient (Wildman–Crippen LogP) is 4.62. The average molecular weight is 479 g/mol.